The second-order valence-electron chi connectivity index (χ2n) is 4.63. The van der Waals surface area contributed by atoms with Gasteiger partial charge in [0.05, 0.1) is 6.54 Å². The Balaban J connectivity index is 2.27. The summed E-state index contributed by atoms with van der Waals surface area (Å²) in [7, 11) is 0. The molecule has 1 atom stereocenters. The number of carbonyl (C=O) groups is 2. The summed E-state index contributed by atoms with van der Waals surface area (Å²) in [4.78, 5) is 22.9. The standard InChI is InChI=1S/C10H15N5O2/c1-5(2)3-6-4-15-8(10(17)12-6)7(9(11)16)13-14-15/h5-6H,3-4H2,1-2H3,(H2,11,16)(H,12,17)/t6-/m0/s1. The van der Waals surface area contributed by atoms with Gasteiger partial charge < -0.3 is 11.1 Å². The molecule has 7 nitrogen and oxygen atoms in total. The maximum Gasteiger partial charge on any atom is 0.272 e. The van der Waals surface area contributed by atoms with Crippen LogP contribution in [0.15, 0.2) is 0 Å². The topological polar surface area (TPSA) is 103 Å². The van der Waals surface area contributed by atoms with Gasteiger partial charge in [0.15, 0.2) is 11.4 Å². The zero-order valence-corrected chi connectivity index (χ0v) is 9.80. The van der Waals surface area contributed by atoms with E-state index in [4.69, 9.17) is 5.73 Å². The number of hydrogen-bond acceptors (Lipinski definition) is 4. The van der Waals surface area contributed by atoms with Crippen molar-refractivity contribution >= 4 is 11.8 Å². The molecular weight excluding hydrogens is 222 g/mol. The molecule has 0 saturated carbocycles. The largest absolute Gasteiger partial charge is 0.364 e. The van der Waals surface area contributed by atoms with Crippen LogP contribution >= 0.6 is 0 Å². The summed E-state index contributed by atoms with van der Waals surface area (Å²) < 4.78 is 1.45. The SMILES string of the molecule is CC(C)C[C@H]1Cn2nnc(C(N)=O)c2C(=O)N1. The maximum absolute atomic E-state index is 11.8. The highest BCUT2D eigenvalue weighted by atomic mass is 16.2. The maximum atomic E-state index is 11.8. The number of nitrogens with one attached hydrogen (secondary N) is 1. The first-order valence-corrected chi connectivity index (χ1v) is 5.53. The number of aromatic nitrogens is 3. The highest BCUT2D eigenvalue weighted by Crippen LogP contribution is 2.15. The third kappa shape index (κ3) is 2.13. The van der Waals surface area contributed by atoms with E-state index in [-0.39, 0.29) is 23.3 Å². The van der Waals surface area contributed by atoms with Crippen molar-refractivity contribution in [2.45, 2.75) is 32.9 Å². The molecule has 1 aromatic heterocycles. The molecule has 1 aromatic rings. The predicted molar refractivity (Wildman–Crippen MR) is 59.2 cm³/mol. The van der Waals surface area contributed by atoms with Gasteiger partial charge in [-0.25, -0.2) is 4.68 Å². The first-order chi connectivity index (χ1) is 7.99. The van der Waals surface area contributed by atoms with Gasteiger partial charge in [-0.05, 0) is 12.3 Å². The predicted octanol–water partition coefficient (Wildman–Crippen LogP) is -0.465. The fourth-order valence-corrected chi connectivity index (χ4v) is 2.04. The van der Waals surface area contributed by atoms with Crippen LogP contribution in [0.3, 0.4) is 0 Å². The van der Waals surface area contributed by atoms with E-state index in [2.05, 4.69) is 29.5 Å². The highest BCUT2D eigenvalue weighted by Gasteiger charge is 2.31. The van der Waals surface area contributed by atoms with E-state index in [0.717, 1.165) is 6.42 Å². The third-order valence-corrected chi connectivity index (χ3v) is 2.67. The normalized spacial score (nSPS) is 19.0. The monoisotopic (exact) mass is 237 g/mol. The van der Waals surface area contributed by atoms with Gasteiger partial charge in [-0.15, -0.1) is 5.10 Å². The van der Waals surface area contributed by atoms with Crippen LogP contribution in [0.1, 0.15) is 41.2 Å². The van der Waals surface area contributed by atoms with Gasteiger partial charge in [-0.1, -0.05) is 19.1 Å². The Kier molecular flexibility index (Phi) is 2.83. The van der Waals surface area contributed by atoms with Crippen molar-refractivity contribution in [3.63, 3.8) is 0 Å². The summed E-state index contributed by atoms with van der Waals surface area (Å²) >= 11 is 0. The molecule has 7 heteroatoms. The molecule has 2 rings (SSSR count). The van der Waals surface area contributed by atoms with Gasteiger partial charge in [-0.2, -0.15) is 0 Å². The minimum atomic E-state index is -0.733. The summed E-state index contributed by atoms with van der Waals surface area (Å²) in [6.45, 7) is 4.69. The van der Waals surface area contributed by atoms with Crippen LogP contribution in [-0.2, 0) is 6.54 Å². The Hall–Kier alpha value is -1.92. The van der Waals surface area contributed by atoms with Crippen molar-refractivity contribution in [2.75, 3.05) is 0 Å². The summed E-state index contributed by atoms with van der Waals surface area (Å²) in [5.74, 6) is -0.592. The van der Waals surface area contributed by atoms with E-state index in [9.17, 15) is 9.59 Å². The quantitative estimate of drug-likeness (QED) is 0.742. The Morgan fingerprint density at radius 2 is 2.35 bits per heavy atom. The van der Waals surface area contributed by atoms with Crippen molar-refractivity contribution in [3.8, 4) is 0 Å². The number of hydrogen-bond donors (Lipinski definition) is 2. The summed E-state index contributed by atoms with van der Waals surface area (Å²) in [5.41, 5.74) is 5.23. The molecule has 17 heavy (non-hydrogen) atoms. The van der Waals surface area contributed by atoms with Crippen molar-refractivity contribution in [1.29, 1.82) is 0 Å². The molecule has 0 unspecified atom stereocenters. The van der Waals surface area contributed by atoms with Crippen LogP contribution in [0.25, 0.3) is 0 Å². The second kappa shape index (κ2) is 4.15. The molecule has 0 fully saturated rings. The highest BCUT2D eigenvalue weighted by molar-refractivity contribution is 6.04. The fraction of sp³-hybridized carbons (Fsp3) is 0.600. The minimum absolute atomic E-state index is 0.0254. The number of amides is 2. The van der Waals surface area contributed by atoms with E-state index >= 15 is 0 Å². The molecule has 0 radical (unpaired) electrons. The molecule has 0 spiro atoms. The number of nitrogens with zero attached hydrogens (tertiary/aromatic N) is 3. The zero-order chi connectivity index (χ0) is 12.6. The van der Waals surface area contributed by atoms with Crippen molar-refractivity contribution < 1.29 is 9.59 Å². The van der Waals surface area contributed by atoms with Crippen molar-refractivity contribution in [3.05, 3.63) is 11.4 Å². The Labute approximate surface area is 98.4 Å². The molecule has 1 aliphatic rings. The summed E-state index contributed by atoms with van der Waals surface area (Å²) in [5, 5.41) is 10.3. The van der Waals surface area contributed by atoms with Crippen LogP contribution in [0.5, 0.6) is 0 Å². The van der Waals surface area contributed by atoms with E-state index in [1.807, 2.05) is 0 Å². The van der Waals surface area contributed by atoms with Gasteiger partial charge in [0.1, 0.15) is 0 Å². The lowest BCUT2D eigenvalue weighted by atomic mass is 10.0. The van der Waals surface area contributed by atoms with Gasteiger partial charge >= 0.3 is 0 Å². The number of carbonyl (C=O) groups excluding carboxylic acids is 2. The molecule has 0 aromatic carbocycles. The van der Waals surface area contributed by atoms with Gasteiger partial charge in [-0.3, -0.25) is 9.59 Å². The molecule has 0 saturated heterocycles. The average Bonchev–Trinajstić information content (AvgIpc) is 2.60. The van der Waals surface area contributed by atoms with E-state index in [1.54, 1.807) is 0 Å². The van der Waals surface area contributed by atoms with Crippen LogP contribution in [0.4, 0.5) is 0 Å². The summed E-state index contributed by atoms with van der Waals surface area (Å²) in [6, 6.07) is 0.0254. The fourth-order valence-electron chi connectivity index (χ4n) is 2.04. The number of primary amides is 1. The van der Waals surface area contributed by atoms with Crippen LogP contribution in [0, 0.1) is 5.92 Å². The number of fused-ring (bicyclic) bond motifs is 1. The Bertz CT molecular complexity index is 465. The molecule has 0 aliphatic carbocycles. The summed E-state index contributed by atoms with van der Waals surface area (Å²) in [6.07, 6.45) is 0.858. The Morgan fingerprint density at radius 3 is 2.94 bits per heavy atom. The van der Waals surface area contributed by atoms with Crippen molar-refractivity contribution in [2.24, 2.45) is 11.7 Å². The van der Waals surface area contributed by atoms with Gasteiger partial charge in [0.25, 0.3) is 11.8 Å². The van der Waals surface area contributed by atoms with Crippen LogP contribution in [0.2, 0.25) is 0 Å². The van der Waals surface area contributed by atoms with Crippen LogP contribution in [-0.4, -0.2) is 32.9 Å². The minimum Gasteiger partial charge on any atom is -0.364 e. The lowest BCUT2D eigenvalue weighted by Crippen LogP contribution is -2.45. The van der Waals surface area contributed by atoms with Crippen LogP contribution < -0.4 is 11.1 Å². The lowest BCUT2D eigenvalue weighted by molar-refractivity contribution is 0.0877. The molecule has 1 aliphatic heterocycles. The lowest BCUT2D eigenvalue weighted by Gasteiger charge is -2.25. The third-order valence-electron chi connectivity index (χ3n) is 2.67. The average molecular weight is 237 g/mol. The van der Waals surface area contributed by atoms with Crippen molar-refractivity contribution in [1.82, 2.24) is 20.3 Å². The zero-order valence-electron chi connectivity index (χ0n) is 9.80. The molecule has 3 N–H and O–H groups in total. The second-order valence-corrected chi connectivity index (χ2v) is 4.63. The molecular formula is C10H15N5O2. The number of rotatable bonds is 3. The molecule has 92 valence electrons. The van der Waals surface area contributed by atoms with E-state index < -0.39 is 5.91 Å². The first kappa shape index (κ1) is 11.6. The first-order valence-electron chi connectivity index (χ1n) is 5.53. The molecule has 2 amide bonds. The van der Waals surface area contributed by atoms with E-state index in [1.165, 1.54) is 4.68 Å². The molecule has 0 bridgehead atoms. The van der Waals surface area contributed by atoms with E-state index in [0.29, 0.717) is 12.5 Å². The Morgan fingerprint density at radius 1 is 1.65 bits per heavy atom. The van der Waals surface area contributed by atoms with Gasteiger partial charge in [0.2, 0.25) is 0 Å². The molecule has 2 heterocycles. The number of nitrogens with two attached hydrogens (primary N) is 1. The van der Waals surface area contributed by atoms with Gasteiger partial charge in [0, 0.05) is 6.04 Å². The smallest absolute Gasteiger partial charge is 0.272 e.